The minimum absolute atomic E-state index is 0.0605. The fourth-order valence-corrected chi connectivity index (χ4v) is 4.39. The van der Waals surface area contributed by atoms with Crippen molar-refractivity contribution in [3.05, 3.63) is 42.0 Å². The molecular formula is C21H22N2O6. The van der Waals surface area contributed by atoms with Crippen molar-refractivity contribution in [2.75, 3.05) is 25.0 Å². The molecule has 1 aromatic carbocycles. The molecule has 1 spiro atoms. The van der Waals surface area contributed by atoms with Crippen LogP contribution in [0.15, 0.2) is 36.4 Å². The predicted octanol–water partition coefficient (Wildman–Crippen LogP) is 1.17. The lowest BCUT2D eigenvalue weighted by molar-refractivity contribution is -0.148. The highest BCUT2D eigenvalue weighted by Gasteiger charge is 2.66. The van der Waals surface area contributed by atoms with Gasteiger partial charge >= 0.3 is 5.97 Å². The van der Waals surface area contributed by atoms with Gasteiger partial charge < -0.3 is 19.7 Å². The highest BCUT2D eigenvalue weighted by molar-refractivity contribution is 6.00. The van der Waals surface area contributed by atoms with Crippen molar-refractivity contribution >= 4 is 29.3 Å². The molecule has 0 unspecified atom stereocenters. The lowest BCUT2D eigenvalue weighted by Crippen LogP contribution is -2.41. The summed E-state index contributed by atoms with van der Waals surface area (Å²) < 4.78 is 11.0. The van der Waals surface area contributed by atoms with Gasteiger partial charge in [-0.25, -0.2) is 0 Å². The number of hydrogen-bond acceptors (Lipinski definition) is 6. The lowest BCUT2D eigenvalue weighted by Gasteiger charge is -2.23. The van der Waals surface area contributed by atoms with Gasteiger partial charge in [-0.05, 0) is 38.1 Å². The Kier molecular flexibility index (Phi) is 4.74. The van der Waals surface area contributed by atoms with Crippen LogP contribution in [0.5, 0.6) is 0 Å². The maximum absolute atomic E-state index is 13.0. The number of esters is 1. The molecule has 3 aliphatic rings. The number of carbonyl (C=O) groups is 4. The van der Waals surface area contributed by atoms with E-state index in [-0.39, 0.29) is 37.3 Å². The van der Waals surface area contributed by atoms with Crippen LogP contribution in [-0.4, -0.2) is 59.9 Å². The van der Waals surface area contributed by atoms with E-state index in [9.17, 15) is 19.2 Å². The average molecular weight is 398 g/mol. The Morgan fingerprint density at radius 3 is 2.66 bits per heavy atom. The topological polar surface area (TPSA) is 102 Å². The molecule has 2 saturated heterocycles. The van der Waals surface area contributed by atoms with Crippen molar-refractivity contribution in [1.29, 1.82) is 0 Å². The Morgan fingerprint density at radius 2 is 2.00 bits per heavy atom. The third-order valence-electron chi connectivity index (χ3n) is 5.67. The summed E-state index contributed by atoms with van der Waals surface area (Å²) in [6, 6.07) is 6.58. The highest BCUT2D eigenvalue weighted by Crippen LogP contribution is 2.52. The molecule has 0 radical (unpaired) electrons. The zero-order valence-electron chi connectivity index (χ0n) is 16.2. The summed E-state index contributed by atoms with van der Waals surface area (Å²) in [5, 5.41) is 2.81. The number of rotatable bonds is 6. The van der Waals surface area contributed by atoms with E-state index in [4.69, 9.17) is 9.47 Å². The van der Waals surface area contributed by atoms with Crippen LogP contribution in [0.1, 0.15) is 24.2 Å². The average Bonchev–Trinajstić information content (AvgIpc) is 3.31. The van der Waals surface area contributed by atoms with Crippen LogP contribution < -0.4 is 5.32 Å². The van der Waals surface area contributed by atoms with Gasteiger partial charge in [-0.2, -0.15) is 0 Å². The Hall–Kier alpha value is -3.00. The fraction of sp³-hybridized carbons (Fsp3) is 0.429. The molecule has 2 amide bonds. The smallest absolute Gasteiger partial charge is 0.325 e. The number of amides is 2. The molecule has 4 atom stereocenters. The Labute approximate surface area is 167 Å². The van der Waals surface area contributed by atoms with E-state index < -0.39 is 29.5 Å². The Bertz CT molecular complexity index is 908. The van der Waals surface area contributed by atoms with Crippen LogP contribution in [0.2, 0.25) is 0 Å². The third kappa shape index (κ3) is 3.23. The second-order valence-electron chi connectivity index (χ2n) is 7.52. The van der Waals surface area contributed by atoms with E-state index in [2.05, 4.69) is 5.32 Å². The first-order valence-corrected chi connectivity index (χ1v) is 9.58. The number of Topliss-reactive ketones (excluding diaryl/α,β-unsaturated/α-hetero) is 1. The lowest BCUT2D eigenvalue weighted by atomic mass is 9.77. The second-order valence-corrected chi connectivity index (χ2v) is 7.52. The standard InChI is InChI=1S/C21H22N2O6/c1-3-28-16(25)10-23-11-21-9-8-15(29-21)17(18(21)20(23)27)19(26)22-14-6-4-13(5-7-14)12(2)24/h4-9,15,17-18H,3,10-11H2,1-2H3,(H,22,26)/t15-,17+,18-,21-/m1/s1. The van der Waals surface area contributed by atoms with Gasteiger partial charge in [0.25, 0.3) is 0 Å². The summed E-state index contributed by atoms with van der Waals surface area (Å²) in [6.45, 7) is 3.47. The molecule has 2 bridgehead atoms. The SMILES string of the molecule is CCOC(=O)CN1C[C@@]23C=C[C@@H](O2)[C@H](C(=O)Nc2ccc(C(C)=O)cc2)[C@@H]3C1=O. The minimum atomic E-state index is -0.880. The molecule has 3 heterocycles. The van der Waals surface area contributed by atoms with Crippen LogP contribution >= 0.6 is 0 Å². The number of ketones is 1. The number of fused-ring (bicyclic) bond motifs is 1. The quantitative estimate of drug-likeness (QED) is 0.439. The van der Waals surface area contributed by atoms with Gasteiger partial charge in [-0.15, -0.1) is 0 Å². The molecule has 1 aromatic rings. The van der Waals surface area contributed by atoms with Gasteiger partial charge in [0, 0.05) is 11.3 Å². The summed E-state index contributed by atoms with van der Waals surface area (Å²) in [5.74, 6) is -2.52. The Balaban J connectivity index is 1.50. The molecule has 152 valence electrons. The number of benzene rings is 1. The van der Waals surface area contributed by atoms with Gasteiger partial charge in [0.15, 0.2) is 5.78 Å². The molecule has 4 rings (SSSR count). The summed E-state index contributed by atoms with van der Waals surface area (Å²) in [4.78, 5) is 50.6. The summed E-state index contributed by atoms with van der Waals surface area (Å²) in [5.41, 5.74) is 0.206. The van der Waals surface area contributed by atoms with E-state index in [0.717, 1.165) is 0 Å². The summed E-state index contributed by atoms with van der Waals surface area (Å²) in [6.07, 6.45) is 3.16. The minimum Gasteiger partial charge on any atom is -0.465 e. The van der Waals surface area contributed by atoms with Crippen LogP contribution in [0.25, 0.3) is 0 Å². The largest absolute Gasteiger partial charge is 0.465 e. The number of ether oxygens (including phenoxy) is 2. The van der Waals surface area contributed by atoms with Crippen molar-refractivity contribution in [3.8, 4) is 0 Å². The summed E-state index contributed by atoms with van der Waals surface area (Å²) in [7, 11) is 0. The van der Waals surface area contributed by atoms with Crippen LogP contribution in [-0.2, 0) is 23.9 Å². The Morgan fingerprint density at radius 1 is 1.28 bits per heavy atom. The van der Waals surface area contributed by atoms with Crippen molar-refractivity contribution in [2.24, 2.45) is 11.8 Å². The molecule has 0 aliphatic carbocycles. The van der Waals surface area contributed by atoms with E-state index in [1.165, 1.54) is 11.8 Å². The van der Waals surface area contributed by atoms with Crippen molar-refractivity contribution < 1.29 is 28.7 Å². The van der Waals surface area contributed by atoms with Crippen LogP contribution in [0.4, 0.5) is 5.69 Å². The molecule has 0 saturated carbocycles. The molecule has 3 aliphatic heterocycles. The van der Waals surface area contributed by atoms with Gasteiger partial charge in [0.2, 0.25) is 11.8 Å². The number of likely N-dealkylation sites (tertiary alicyclic amines) is 1. The molecule has 2 fully saturated rings. The number of anilines is 1. The van der Waals surface area contributed by atoms with Gasteiger partial charge in [0.05, 0.1) is 31.1 Å². The number of nitrogens with one attached hydrogen (secondary N) is 1. The molecule has 0 aromatic heterocycles. The van der Waals surface area contributed by atoms with Crippen molar-refractivity contribution in [1.82, 2.24) is 4.90 Å². The van der Waals surface area contributed by atoms with E-state index in [1.807, 2.05) is 6.08 Å². The van der Waals surface area contributed by atoms with E-state index >= 15 is 0 Å². The first-order chi connectivity index (χ1) is 13.8. The van der Waals surface area contributed by atoms with Gasteiger partial charge in [-0.1, -0.05) is 12.2 Å². The van der Waals surface area contributed by atoms with E-state index in [0.29, 0.717) is 11.3 Å². The number of nitrogens with zero attached hydrogens (tertiary/aromatic N) is 1. The summed E-state index contributed by atoms with van der Waals surface area (Å²) >= 11 is 0. The number of carbonyl (C=O) groups excluding carboxylic acids is 4. The normalized spacial score (nSPS) is 29.1. The third-order valence-corrected chi connectivity index (χ3v) is 5.67. The maximum Gasteiger partial charge on any atom is 0.325 e. The highest BCUT2D eigenvalue weighted by atomic mass is 16.5. The van der Waals surface area contributed by atoms with Crippen molar-refractivity contribution in [3.63, 3.8) is 0 Å². The zero-order chi connectivity index (χ0) is 20.8. The first-order valence-electron chi connectivity index (χ1n) is 9.58. The van der Waals surface area contributed by atoms with Crippen LogP contribution in [0, 0.1) is 11.8 Å². The van der Waals surface area contributed by atoms with E-state index in [1.54, 1.807) is 37.3 Å². The zero-order valence-corrected chi connectivity index (χ0v) is 16.2. The molecule has 8 nitrogen and oxygen atoms in total. The monoisotopic (exact) mass is 398 g/mol. The molecule has 1 N–H and O–H groups in total. The van der Waals surface area contributed by atoms with Gasteiger partial charge in [0.1, 0.15) is 12.1 Å². The van der Waals surface area contributed by atoms with Crippen LogP contribution in [0.3, 0.4) is 0 Å². The first kappa shape index (κ1) is 19.3. The number of hydrogen-bond donors (Lipinski definition) is 1. The maximum atomic E-state index is 13.0. The molecule has 8 heteroatoms. The fourth-order valence-electron chi connectivity index (χ4n) is 4.39. The second kappa shape index (κ2) is 7.11. The van der Waals surface area contributed by atoms with Crippen molar-refractivity contribution in [2.45, 2.75) is 25.6 Å². The molecule has 29 heavy (non-hydrogen) atoms. The van der Waals surface area contributed by atoms with Gasteiger partial charge in [-0.3, -0.25) is 19.2 Å². The predicted molar refractivity (Wildman–Crippen MR) is 102 cm³/mol. The molecular weight excluding hydrogens is 376 g/mol.